The van der Waals surface area contributed by atoms with Crippen molar-refractivity contribution in [2.45, 2.75) is 25.5 Å². The summed E-state index contributed by atoms with van der Waals surface area (Å²) in [5.74, 6) is -0.928. The Hall–Kier alpha value is -3.09. The van der Waals surface area contributed by atoms with Gasteiger partial charge in [0, 0.05) is 12.1 Å². The van der Waals surface area contributed by atoms with Crippen LogP contribution in [0.3, 0.4) is 0 Å². The van der Waals surface area contributed by atoms with Crippen LogP contribution in [0.1, 0.15) is 28.8 Å². The van der Waals surface area contributed by atoms with Crippen molar-refractivity contribution in [1.29, 1.82) is 0 Å². The summed E-state index contributed by atoms with van der Waals surface area (Å²) < 4.78 is 10.4. The van der Waals surface area contributed by atoms with Crippen LogP contribution < -0.4 is 5.46 Å². The molecule has 7 heteroatoms. The first kappa shape index (κ1) is 19.7. The van der Waals surface area contributed by atoms with E-state index in [2.05, 4.69) is 0 Å². The molecule has 2 aromatic rings. The Morgan fingerprint density at radius 2 is 1.71 bits per heavy atom. The number of likely N-dealkylation sites (tertiary alicyclic amines) is 1. The van der Waals surface area contributed by atoms with Crippen LogP contribution in [0.5, 0.6) is 0 Å². The molecule has 1 fully saturated rings. The van der Waals surface area contributed by atoms with Crippen molar-refractivity contribution >= 4 is 31.2 Å². The Bertz CT molecular complexity index is 838. The number of ketones is 1. The highest BCUT2D eigenvalue weighted by atomic mass is 16.6. The Kier molecular flexibility index (Phi) is 6.47. The maximum absolute atomic E-state index is 12.4. The van der Waals surface area contributed by atoms with Gasteiger partial charge in [-0.3, -0.25) is 9.69 Å². The summed E-state index contributed by atoms with van der Waals surface area (Å²) in [5.41, 5.74) is 1.82. The predicted octanol–water partition coefficient (Wildman–Crippen LogP) is 2.01. The number of carbonyl (C=O) groups excluding carboxylic acids is 3. The van der Waals surface area contributed by atoms with E-state index in [1.807, 2.05) is 30.3 Å². The molecule has 0 spiro atoms. The first-order valence-electron chi connectivity index (χ1n) is 9.07. The highest BCUT2D eigenvalue weighted by Gasteiger charge is 2.36. The number of hydrogen-bond donors (Lipinski definition) is 0. The molecule has 2 radical (unpaired) electrons. The molecule has 6 nitrogen and oxygen atoms in total. The Morgan fingerprint density at radius 3 is 2.43 bits per heavy atom. The first-order valence-corrected chi connectivity index (χ1v) is 9.07. The number of hydrogen-bond acceptors (Lipinski definition) is 5. The number of carbonyl (C=O) groups is 3. The molecule has 1 amide bonds. The molecule has 0 aromatic heterocycles. The molecule has 0 bridgehead atoms. The molecular weight excluding hydrogens is 357 g/mol. The summed E-state index contributed by atoms with van der Waals surface area (Å²) in [6.07, 6.45) is 0.592. The van der Waals surface area contributed by atoms with E-state index in [4.69, 9.17) is 17.3 Å². The zero-order valence-corrected chi connectivity index (χ0v) is 15.4. The zero-order valence-electron chi connectivity index (χ0n) is 15.4. The largest absolute Gasteiger partial charge is 0.456 e. The third-order valence-electron chi connectivity index (χ3n) is 4.54. The van der Waals surface area contributed by atoms with Crippen LogP contribution in [0, 0.1) is 0 Å². The van der Waals surface area contributed by atoms with Crippen LogP contribution in [-0.4, -0.2) is 49.8 Å². The van der Waals surface area contributed by atoms with E-state index in [0.29, 0.717) is 30.4 Å². The number of Topliss-reactive ketones (excluding diaryl/α,β-unsaturated/α-hetero) is 1. The summed E-state index contributed by atoms with van der Waals surface area (Å²) in [5, 5.41) is 0. The maximum atomic E-state index is 12.4. The number of amides is 1. The summed E-state index contributed by atoms with van der Waals surface area (Å²) in [6, 6.07) is 14.9. The van der Waals surface area contributed by atoms with Crippen molar-refractivity contribution in [3.05, 3.63) is 65.7 Å². The van der Waals surface area contributed by atoms with Crippen LogP contribution in [-0.2, 0) is 20.9 Å². The smallest absolute Gasteiger partial charge is 0.410 e. The van der Waals surface area contributed by atoms with Crippen molar-refractivity contribution in [2.24, 2.45) is 0 Å². The quantitative estimate of drug-likeness (QED) is 0.438. The second kappa shape index (κ2) is 9.22. The highest BCUT2D eigenvalue weighted by Crippen LogP contribution is 2.20. The molecular formula is C21H20BNO5. The molecule has 1 heterocycles. The van der Waals surface area contributed by atoms with Gasteiger partial charge in [-0.2, -0.15) is 0 Å². The average molecular weight is 377 g/mol. The van der Waals surface area contributed by atoms with Crippen LogP contribution in [0.2, 0.25) is 0 Å². The average Bonchev–Trinajstić information content (AvgIpc) is 3.21. The molecule has 2 aromatic carbocycles. The van der Waals surface area contributed by atoms with Gasteiger partial charge >= 0.3 is 12.1 Å². The standard InChI is InChI=1S/C21H20BNO5/c22-17-10-8-16(9-11-17)19(24)14-27-20(25)18-7-4-12-23(18)21(26)28-13-15-5-2-1-3-6-15/h1-3,5-6,8-11,18H,4,7,12-14H2/t18-/m0/s1. The molecule has 1 aliphatic rings. The van der Waals surface area contributed by atoms with Crippen molar-refractivity contribution in [2.75, 3.05) is 13.2 Å². The zero-order chi connectivity index (χ0) is 19.9. The topological polar surface area (TPSA) is 72.9 Å². The van der Waals surface area contributed by atoms with Crippen molar-refractivity contribution in [3.63, 3.8) is 0 Å². The van der Waals surface area contributed by atoms with Crippen LogP contribution in [0.25, 0.3) is 0 Å². The van der Waals surface area contributed by atoms with Crippen LogP contribution >= 0.6 is 0 Å². The summed E-state index contributed by atoms with van der Waals surface area (Å²) in [4.78, 5) is 38.2. The van der Waals surface area contributed by atoms with E-state index in [0.717, 1.165) is 5.56 Å². The minimum absolute atomic E-state index is 0.133. The molecule has 1 atom stereocenters. The summed E-state index contributed by atoms with van der Waals surface area (Å²) in [7, 11) is 5.59. The Labute approximate surface area is 164 Å². The molecule has 3 rings (SSSR count). The van der Waals surface area contributed by atoms with Crippen molar-refractivity contribution in [3.8, 4) is 0 Å². The molecule has 0 aliphatic carbocycles. The van der Waals surface area contributed by atoms with E-state index in [-0.39, 0.29) is 19.0 Å². The molecule has 0 N–H and O–H groups in total. The first-order chi connectivity index (χ1) is 13.5. The summed E-state index contributed by atoms with van der Waals surface area (Å²) in [6.45, 7) is 0.166. The third-order valence-corrected chi connectivity index (χ3v) is 4.54. The van der Waals surface area contributed by atoms with Gasteiger partial charge in [0.05, 0.1) is 0 Å². The van der Waals surface area contributed by atoms with Gasteiger partial charge in [0.25, 0.3) is 0 Å². The Morgan fingerprint density at radius 1 is 1.00 bits per heavy atom. The lowest BCUT2D eigenvalue weighted by Crippen LogP contribution is -2.42. The van der Waals surface area contributed by atoms with Gasteiger partial charge in [-0.05, 0) is 18.4 Å². The van der Waals surface area contributed by atoms with Gasteiger partial charge in [-0.1, -0.05) is 60.1 Å². The van der Waals surface area contributed by atoms with Gasteiger partial charge in [0.1, 0.15) is 20.5 Å². The lowest BCUT2D eigenvalue weighted by atomic mass is 9.95. The van der Waals surface area contributed by atoms with Gasteiger partial charge < -0.3 is 9.47 Å². The Balaban J connectivity index is 1.51. The van der Waals surface area contributed by atoms with Crippen LogP contribution in [0.4, 0.5) is 4.79 Å². The molecule has 0 saturated carbocycles. The number of esters is 1. The van der Waals surface area contributed by atoms with E-state index in [9.17, 15) is 14.4 Å². The second-order valence-electron chi connectivity index (χ2n) is 6.54. The lowest BCUT2D eigenvalue weighted by molar-refractivity contribution is -0.147. The fourth-order valence-electron chi connectivity index (χ4n) is 3.02. The van der Waals surface area contributed by atoms with Crippen molar-refractivity contribution < 1.29 is 23.9 Å². The van der Waals surface area contributed by atoms with E-state index in [1.54, 1.807) is 24.3 Å². The fraction of sp³-hybridized carbons (Fsp3) is 0.286. The monoisotopic (exact) mass is 377 g/mol. The lowest BCUT2D eigenvalue weighted by Gasteiger charge is -2.22. The SMILES string of the molecule is [B]c1ccc(C(=O)COC(=O)[C@@H]2CCCN2C(=O)OCc2ccccc2)cc1. The fourth-order valence-corrected chi connectivity index (χ4v) is 3.02. The predicted molar refractivity (Wildman–Crippen MR) is 103 cm³/mol. The van der Waals surface area contributed by atoms with E-state index < -0.39 is 18.1 Å². The number of rotatable bonds is 6. The van der Waals surface area contributed by atoms with E-state index in [1.165, 1.54) is 4.90 Å². The number of benzene rings is 2. The minimum Gasteiger partial charge on any atom is -0.456 e. The number of ether oxygens (including phenoxy) is 2. The third kappa shape index (κ3) is 5.00. The molecule has 1 aliphatic heterocycles. The number of nitrogens with zero attached hydrogens (tertiary/aromatic N) is 1. The van der Waals surface area contributed by atoms with Crippen molar-refractivity contribution in [1.82, 2.24) is 4.90 Å². The van der Waals surface area contributed by atoms with Gasteiger partial charge in [-0.15, -0.1) is 0 Å². The molecule has 1 saturated heterocycles. The molecule has 142 valence electrons. The molecule has 28 heavy (non-hydrogen) atoms. The van der Waals surface area contributed by atoms with Gasteiger partial charge in [-0.25, -0.2) is 9.59 Å². The molecule has 0 unspecified atom stereocenters. The van der Waals surface area contributed by atoms with Crippen LogP contribution in [0.15, 0.2) is 54.6 Å². The highest BCUT2D eigenvalue weighted by molar-refractivity contribution is 6.32. The minimum atomic E-state index is -0.734. The maximum Gasteiger partial charge on any atom is 0.410 e. The second-order valence-corrected chi connectivity index (χ2v) is 6.54. The van der Waals surface area contributed by atoms with Gasteiger partial charge in [0.15, 0.2) is 12.4 Å². The summed E-state index contributed by atoms with van der Waals surface area (Å²) >= 11 is 0. The van der Waals surface area contributed by atoms with E-state index >= 15 is 0 Å². The van der Waals surface area contributed by atoms with Gasteiger partial charge in [0.2, 0.25) is 0 Å². The normalized spacial score (nSPS) is 15.9.